The van der Waals surface area contributed by atoms with E-state index in [2.05, 4.69) is 47.8 Å². The lowest BCUT2D eigenvalue weighted by Gasteiger charge is -2.14. The van der Waals surface area contributed by atoms with Gasteiger partial charge in [0.1, 0.15) is 12.4 Å². The van der Waals surface area contributed by atoms with Gasteiger partial charge in [-0.2, -0.15) is 0 Å². The topological polar surface area (TPSA) is 39.1 Å². The van der Waals surface area contributed by atoms with Crippen LogP contribution in [0.1, 0.15) is 44.1 Å². The summed E-state index contributed by atoms with van der Waals surface area (Å²) in [5.41, 5.74) is 2.31. The van der Waals surface area contributed by atoms with Crippen LogP contribution in [0.25, 0.3) is 0 Å². The Morgan fingerprint density at radius 3 is 2.80 bits per heavy atom. The molecule has 0 spiro atoms. The van der Waals surface area contributed by atoms with Crippen molar-refractivity contribution < 1.29 is 4.74 Å². The predicted octanol–water partition coefficient (Wildman–Crippen LogP) is 3.32. The van der Waals surface area contributed by atoms with Crippen molar-refractivity contribution in [3.63, 3.8) is 0 Å². The maximum absolute atomic E-state index is 5.89. The van der Waals surface area contributed by atoms with Crippen LogP contribution in [0.5, 0.6) is 5.75 Å². The van der Waals surface area contributed by atoms with E-state index in [1.807, 2.05) is 31.7 Å². The zero-order valence-electron chi connectivity index (χ0n) is 12.6. The van der Waals surface area contributed by atoms with E-state index in [1.54, 1.807) is 0 Å². The predicted molar refractivity (Wildman–Crippen MR) is 80.9 cm³/mol. The molecule has 2 rings (SSSR count). The number of nitrogens with zero attached hydrogens (tertiary/aromatic N) is 2. The Hall–Kier alpha value is -1.81. The first-order valence-electron chi connectivity index (χ1n) is 7.02. The van der Waals surface area contributed by atoms with Crippen LogP contribution in [0, 0.1) is 0 Å². The number of nitrogens with one attached hydrogen (secondary N) is 1. The number of ether oxygens (including phenoxy) is 1. The van der Waals surface area contributed by atoms with Gasteiger partial charge in [0.05, 0.1) is 18.2 Å². The van der Waals surface area contributed by atoms with Crippen molar-refractivity contribution in [3.05, 3.63) is 48.0 Å². The van der Waals surface area contributed by atoms with Gasteiger partial charge < -0.3 is 14.6 Å². The molecular formula is C16H23N3O. The maximum atomic E-state index is 5.89. The van der Waals surface area contributed by atoms with Gasteiger partial charge in [-0.05, 0) is 45.5 Å². The van der Waals surface area contributed by atoms with Gasteiger partial charge in [0, 0.05) is 12.1 Å². The zero-order valence-corrected chi connectivity index (χ0v) is 12.6. The van der Waals surface area contributed by atoms with Gasteiger partial charge in [-0.3, -0.25) is 0 Å². The smallest absolute Gasteiger partial charge is 0.130 e. The molecule has 0 aliphatic rings. The molecule has 108 valence electrons. The number of benzene rings is 1. The minimum atomic E-state index is 0.319. The molecule has 0 aliphatic carbocycles. The second-order valence-electron chi connectivity index (χ2n) is 5.26. The first-order chi connectivity index (χ1) is 9.61. The van der Waals surface area contributed by atoms with Gasteiger partial charge in [0.15, 0.2) is 0 Å². The van der Waals surface area contributed by atoms with Crippen molar-refractivity contribution in [2.24, 2.45) is 0 Å². The van der Waals surface area contributed by atoms with E-state index in [0.29, 0.717) is 18.7 Å². The molecule has 1 N–H and O–H groups in total. The lowest BCUT2D eigenvalue weighted by Crippen LogP contribution is -2.12. The van der Waals surface area contributed by atoms with Crippen LogP contribution < -0.4 is 10.1 Å². The summed E-state index contributed by atoms with van der Waals surface area (Å²) >= 11 is 0. The minimum Gasteiger partial charge on any atom is -0.487 e. The molecule has 0 fully saturated rings. The lowest BCUT2D eigenvalue weighted by atomic mass is 10.1. The minimum absolute atomic E-state index is 0.319. The maximum Gasteiger partial charge on any atom is 0.130 e. The van der Waals surface area contributed by atoms with Crippen LogP contribution in [-0.4, -0.2) is 16.6 Å². The van der Waals surface area contributed by atoms with E-state index >= 15 is 0 Å². The van der Waals surface area contributed by atoms with E-state index in [0.717, 1.165) is 11.4 Å². The third kappa shape index (κ3) is 3.39. The van der Waals surface area contributed by atoms with E-state index in [4.69, 9.17) is 4.74 Å². The average Bonchev–Trinajstić information content (AvgIpc) is 2.93. The van der Waals surface area contributed by atoms with Crippen molar-refractivity contribution in [1.29, 1.82) is 0 Å². The molecule has 1 heterocycles. The molecule has 0 radical (unpaired) electrons. The largest absolute Gasteiger partial charge is 0.487 e. The molecule has 4 heteroatoms. The van der Waals surface area contributed by atoms with E-state index < -0.39 is 0 Å². The van der Waals surface area contributed by atoms with E-state index in [-0.39, 0.29) is 0 Å². The number of rotatable bonds is 6. The van der Waals surface area contributed by atoms with Crippen molar-refractivity contribution in [3.8, 4) is 5.75 Å². The molecule has 4 nitrogen and oxygen atoms in total. The molecule has 0 aliphatic heterocycles. The van der Waals surface area contributed by atoms with Crippen LogP contribution in [0.3, 0.4) is 0 Å². The Kier molecular flexibility index (Phi) is 4.79. The van der Waals surface area contributed by atoms with Crippen LogP contribution in [0.4, 0.5) is 0 Å². The third-order valence-electron chi connectivity index (χ3n) is 3.48. The summed E-state index contributed by atoms with van der Waals surface area (Å²) in [4.78, 5) is 4.19. The summed E-state index contributed by atoms with van der Waals surface area (Å²) < 4.78 is 8.01. The Balaban J connectivity index is 2.05. The van der Waals surface area contributed by atoms with Gasteiger partial charge in [-0.25, -0.2) is 4.98 Å². The molecule has 1 unspecified atom stereocenters. The molecule has 0 saturated carbocycles. The van der Waals surface area contributed by atoms with Crippen molar-refractivity contribution in [2.75, 3.05) is 7.05 Å². The Morgan fingerprint density at radius 1 is 1.30 bits per heavy atom. The third-order valence-corrected chi connectivity index (χ3v) is 3.48. The van der Waals surface area contributed by atoms with Crippen molar-refractivity contribution >= 4 is 0 Å². The number of hydrogen-bond donors (Lipinski definition) is 1. The van der Waals surface area contributed by atoms with Crippen LogP contribution in [0.15, 0.2) is 36.8 Å². The van der Waals surface area contributed by atoms with Gasteiger partial charge in [-0.1, -0.05) is 12.1 Å². The van der Waals surface area contributed by atoms with Crippen LogP contribution in [0.2, 0.25) is 0 Å². The van der Waals surface area contributed by atoms with Crippen molar-refractivity contribution in [2.45, 2.75) is 39.5 Å². The molecule has 1 atom stereocenters. The lowest BCUT2D eigenvalue weighted by molar-refractivity contribution is 0.291. The van der Waals surface area contributed by atoms with E-state index in [9.17, 15) is 0 Å². The normalized spacial score (nSPS) is 12.7. The molecule has 20 heavy (non-hydrogen) atoms. The fraction of sp³-hybridized carbons (Fsp3) is 0.438. The molecule has 1 aromatic carbocycles. The molecule has 0 bridgehead atoms. The van der Waals surface area contributed by atoms with Gasteiger partial charge >= 0.3 is 0 Å². The Morgan fingerprint density at radius 2 is 2.10 bits per heavy atom. The molecule has 0 saturated heterocycles. The number of hydrogen-bond acceptors (Lipinski definition) is 3. The first-order valence-corrected chi connectivity index (χ1v) is 7.02. The zero-order chi connectivity index (χ0) is 14.5. The fourth-order valence-electron chi connectivity index (χ4n) is 2.11. The molecule has 0 amide bonds. The number of aromatic nitrogens is 2. The summed E-state index contributed by atoms with van der Waals surface area (Å²) in [7, 11) is 1.96. The average molecular weight is 273 g/mol. The van der Waals surface area contributed by atoms with Crippen LogP contribution in [-0.2, 0) is 6.61 Å². The molecular weight excluding hydrogens is 250 g/mol. The number of imidazole rings is 1. The van der Waals surface area contributed by atoms with E-state index in [1.165, 1.54) is 5.56 Å². The first kappa shape index (κ1) is 14.6. The fourth-order valence-corrected chi connectivity index (χ4v) is 2.11. The standard InChI is InChI=1S/C16H23N3O/c1-12(2)19-11-18-9-15(19)10-20-16-7-5-6-14(8-16)13(3)17-4/h5-9,11-13,17H,10H2,1-4H3. The second kappa shape index (κ2) is 6.57. The van der Waals surface area contributed by atoms with Gasteiger partial charge in [0.25, 0.3) is 0 Å². The van der Waals surface area contributed by atoms with Crippen molar-refractivity contribution in [1.82, 2.24) is 14.9 Å². The Labute approximate surface area is 120 Å². The van der Waals surface area contributed by atoms with Gasteiger partial charge in [0.2, 0.25) is 0 Å². The highest BCUT2D eigenvalue weighted by molar-refractivity contribution is 5.30. The summed E-state index contributed by atoms with van der Waals surface area (Å²) in [6, 6.07) is 8.91. The summed E-state index contributed by atoms with van der Waals surface area (Å²) in [6.45, 7) is 6.95. The monoisotopic (exact) mass is 273 g/mol. The summed E-state index contributed by atoms with van der Waals surface area (Å²) in [5, 5.41) is 3.23. The molecule has 2 aromatic rings. The Bertz CT molecular complexity index is 548. The second-order valence-corrected chi connectivity index (χ2v) is 5.26. The summed E-state index contributed by atoms with van der Waals surface area (Å²) in [6.07, 6.45) is 3.71. The van der Waals surface area contributed by atoms with Crippen LogP contribution >= 0.6 is 0 Å². The summed E-state index contributed by atoms with van der Waals surface area (Å²) in [5.74, 6) is 0.890. The van der Waals surface area contributed by atoms with Gasteiger partial charge in [-0.15, -0.1) is 0 Å². The quantitative estimate of drug-likeness (QED) is 0.877. The highest BCUT2D eigenvalue weighted by Gasteiger charge is 2.07. The highest BCUT2D eigenvalue weighted by Crippen LogP contribution is 2.20. The SMILES string of the molecule is CNC(C)c1cccc(OCc2cncn2C(C)C)c1. The highest BCUT2D eigenvalue weighted by atomic mass is 16.5. The molecule has 1 aromatic heterocycles.